The Kier molecular flexibility index (Phi) is 1.70. The molecule has 0 aromatic carbocycles. The van der Waals surface area contributed by atoms with E-state index in [9.17, 15) is 0 Å². The number of nitrogens with one attached hydrogen (secondary N) is 2. The zero-order chi connectivity index (χ0) is 9.38. The molecule has 0 saturated heterocycles. The highest BCUT2D eigenvalue weighted by Crippen LogP contribution is 2.18. The molecule has 2 N–H and O–H groups in total. The molecule has 2 aromatic heterocycles. The second kappa shape index (κ2) is 3.02. The third-order valence-corrected chi connectivity index (χ3v) is 2.35. The first-order valence-corrected chi connectivity index (χ1v) is 4.80. The van der Waals surface area contributed by atoms with Crippen LogP contribution in [0.3, 0.4) is 0 Å². The molecule has 0 unspecified atom stereocenters. The molecule has 0 aliphatic heterocycles. The number of H-pyrrole nitrogens is 1. The van der Waals surface area contributed by atoms with Crippen LogP contribution in [0.25, 0.3) is 11.2 Å². The van der Waals surface area contributed by atoms with Crippen LogP contribution in [-0.2, 0) is 6.54 Å². The van der Waals surface area contributed by atoms with Crippen molar-refractivity contribution < 1.29 is 0 Å². The average molecular weight is 189 g/mol. The first-order chi connectivity index (χ1) is 6.92. The van der Waals surface area contributed by atoms with E-state index in [1.165, 1.54) is 12.8 Å². The third-order valence-electron chi connectivity index (χ3n) is 2.35. The quantitative estimate of drug-likeness (QED) is 0.742. The van der Waals surface area contributed by atoms with E-state index in [-0.39, 0.29) is 0 Å². The number of fused-ring (bicyclic) bond motifs is 1. The fourth-order valence-corrected chi connectivity index (χ4v) is 1.38. The van der Waals surface area contributed by atoms with Crippen molar-refractivity contribution in [2.45, 2.75) is 25.4 Å². The average Bonchev–Trinajstić information content (AvgIpc) is 2.92. The monoisotopic (exact) mass is 189 g/mol. The predicted octanol–water partition coefficient (Wildman–Crippen LogP) is 0.605. The summed E-state index contributed by atoms with van der Waals surface area (Å²) >= 11 is 0. The SMILES string of the molecule is c1nc2nc(CNC3CC3)ncc2[nH]1. The number of hydrogen-bond acceptors (Lipinski definition) is 4. The van der Waals surface area contributed by atoms with E-state index in [1.807, 2.05) is 0 Å². The lowest BCUT2D eigenvalue weighted by atomic mass is 10.5. The second-order valence-electron chi connectivity index (χ2n) is 3.58. The van der Waals surface area contributed by atoms with Gasteiger partial charge in [0.1, 0.15) is 11.3 Å². The minimum absolute atomic E-state index is 0.688. The van der Waals surface area contributed by atoms with Gasteiger partial charge in [-0.25, -0.2) is 15.0 Å². The fraction of sp³-hybridized carbons (Fsp3) is 0.444. The maximum atomic E-state index is 4.32. The molecule has 1 fully saturated rings. The van der Waals surface area contributed by atoms with Gasteiger partial charge in [-0.05, 0) is 12.8 Å². The molecule has 3 rings (SSSR count). The topological polar surface area (TPSA) is 66.5 Å². The largest absolute Gasteiger partial charge is 0.342 e. The molecular weight excluding hydrogens is 178 g/mol. The Morgan fingerprint density at radius 2 is 2.36 bits per heavy atom. The van der Waals surface area contributed by atoms with Gasteiger partial charge in [0.15, 0.2) is 5.65 Å². The zero-order valence-corrected chi connectivity index (χ0v) is 7.70. The van der Waals surface area contributed by atoms with Gasteiger partial charge in [0, 0.05) is 6.04 Å². The van der Waals surface area contributed by atoms with Gasteiger partial charge in [-0.3, -0.25) is 0 Å². The number of hydrogen-bond donors (Lipinski definition) is 2. The van der Waals surface area contributed by atoms with Crippen LogP contribution in [0.15, 0.2) is 12.5 Å². The number of rotatable bonds is 3. The van der Waals surface area contributed by atoms with Crippen LogP contribution < -0.4 is 5.32 Å². The summed E-state index contributed by atoms with van der Waals surface area (Å²) in [5.41, 5.74) is 1.63. The molecule has 1 aliphatic carbocycles. The van der Waals surface area contributed by atoms with Crippen LogP contribution >= 0.6 is 0 Å². The number of imidazole rings is 1. The molecule has 5 heteroatoms. The van der Waals surface area contributed by atoms with Gasteiger partial charge in [-0.15, -0.1) is 0 Å². The molecule has 0 radical (unpaired) electrons. The summed E-state index contributed by atoms with van der Waals surface area (Å²) in [6, 6.07) is 0.688. The molecule has 1 aliphatic rings. The van der Waals surface area contributed by atoms with Gasteiger partial charge in [-0.1, -0.05) is 0 Å². The Labute approximate surface area is 81.0 Å². The molecular formula is C9H11N5. The number of aromatic amines is 1. The first kappa shape index (κ1) is 7.87. The second-order valence-corrected chi connectivity index (χ2v) is 3.58. The smallest absolute Gasteiger partial charge is 0.180 e. The Hall–Kier alpha value is -1.49. The molecule has 1 saturated carbocycles. The van der Waals surface area contributed by atoms with E-state index in [0.29, 0.717) is 6.04 Å². The van der Waals surface area contributed by atoms with Gasteiger partial charge >= 0.3 is 0 Å². The highest BCUT2D eigenvalue weighted by Gasteiger charge is 2.20. The van der Waals surface area contributed by atoms with Crippen molar-refractivity contribution in [2.75, 3.05) is 0 Å². The predicted molar refractivity (Wildman–Crippen MR) is 51.5 cm³/mol. The minimum Gasteiger partial charge on any atom is -0.342 e. The highest BCUT2D eigenvalue weighted by atomic mass is 15.0. The van der Waals surface area contributed by atoms with Crippen molar-refractivity contribution in [3.63, 3.8) is 0 Å². The first-order valence-electron chi connectivity index (χ1n) is 4.80. The van der Waals surface area contributed by atoms with Gasteiger partial charge < -0.3 is 10.3 Å². The van der Waals surface area contributed by atoms with E-state index in [0.717, 1.165) is 23.5 Å². The summed E-state index contributed by atoms with van der Waals surface area (Å²) in [6.07, 6.45) is 5.98. The standard InChI is InChI=1S/C9H11N5/c1-2-6(1)10-4-8-11-3-7-9(14-8)13-5-12-7/h3,5-6,10H,1-2,4H2,(H,11,12,13,14). The van der Waals surface area contributed by atoms with E-state index < -0.39 is 0 Å². The Balaban J connectivity index is 1.81. The Bertz CT molecular complexity index is 445. The van der Waals surface area contributed by atoms with Gasteiger partial charge in [0.05, 0.1) is 19.1 Å². The lowest BCUT2D eigenvalue weighted by molar-refractivity contribution is 0.660. The van der Waals surface area contributed by atoms with Gasteiger partial charge in [0.2, 0.25) is 0 Å². The summed E-state index contributed by atoms with van der Waals surface area (Å²) in [5, 5.41) is 3.37. The number of nitrogens with zero attached hydrogens (tertiary/aromatic N) is 3. The van der Waals surface area contributed by atoms with Crippen molar-refractivity contribution in [1.82, 2.24) is 25.3 Å². The highest BCUT2D eigenvalue weighted by molar-refractivity contribution is 5.67. The maximum absolute atomic E-state index is 4.32. The van der Waals surface area contributed by atoms with Crippen molar-refractivity contribution >= 4 is 11.2 Å². The molecule has 0 bridgehead atoms. The molecule has 0 amide bonds. The third kappa shape index (κ3) is 1.46. The molecule has 0 spiro atoms. The Morgan fingerprint density at radius 1 is 1.43 bits per heavy atom. The summed E-state index contributed by atoms with van der Waals surface area (Å²) in [7, 11) is 0. The molecule has 5 nitrogen and oxygen atoms in total. The van der Waals surface area contributed by atoms with E-state index in [2.05, 4.69) is 25.3 Å². The van der Waals surface area contributed by atoms with Crippen molar-refractivity contribution in [1.29, 1.82) is 0 Å². The van der Waals surface area contributed by atoms with Crippen molar-refractivity contribution in [3.8, 4) is 0 Å². The van der Waals surface area contributed by atoms with Crippen LogP contribution in [0.5, 0.6) is 0 Å². The number of aromatic nitrogens is 4. The van der Waals surface area contributed by atoms with E-state index in [1.54, 1.807) is 12.5 Å². The summed E-state index contributed by atoms with van der Waals surface area (Å²) in [6.45, 7) is 0.744. The fourth-order valence-electron chi connectivity index (χ4n) is 1.38. The summed E-state index contributed by atoms with van der Waals surface area (Å²) < 4.78 is 0. The van der Waals surface area contributed by atoms with Crippen molar-refractivity contribution in [3.05, 3.63) is 18.3 Å². The van der Waals surface area contributed by atoms with Gasteiger partial charge in [-0.2, -0.15) is 0 Å². The molecule has 14 heavy (non-hydrogen) atoms. The van der Waals surface area contributed by atoms with Crippen LogP contribution in [0.1, 0.15) is 18.7 Å². The lowest BCUT2D eigenvalue weighted by Crippen LogP contribution is -2.17. The normalized spacial score (nSPS) is 16.3. The zero-order valence-electron chi connectivity index (χ0n) is 7.70. The van der Waals surface area contributed by atoms with Crippen LogP contribution in [0.4, 0.5) is 0 Å². The van der Waals surface area contributed by atoms with Crippen LogP contribution in [-0.4, -0.2) is 26.0 Å². The summed E-state index contributed by atoms with van der Waals surface area (Å²) in [4.78, 5) is 15.6. The molecule has 2 heterocycles. The minimum atomic E-state index is 0.688. The summed E-state index contributed by atoms with van der Waals surface area (Å²) in [5.74, 6) is 0.816. The molecule has 2 aromatic rings. The van der Waals surface area contributed by atoms with Gasteiger partial charge in [0.25, 0.3) is 0 Å². The van der Waals surface area contributed by atoms with Crippen molar-refractivity contribution in [2.24, 2.45) is 0 Å². The maximum Gasteiger partial charge on any atom is 0.180 e. The van der Waals surface area contributed by atoms with E-state index in [4.69, 9.17) is 0 Å². The van der Waals surface area contributed by atoms with Crippen LogP contribution in [0, 0.1) is 0 Å². The lowest BCUT2D eigenvalue weighted by Gasteiger charge is -2.00. The molecule has 72 valence electrons. The molecule has 0 atom stereocenters. The van der Waals surface area contributed by atoms with E-state index >= 15 is 0 Å². The van der Waals surface area contributed by atoms with Crippen LogP contribution in [0.2, 0.25) is 0 Å². The Morgan fingerprint density at radius 3 is 3.21 bits per heavy atom.